The molecule has 1 aromatic carbocycles. The smallest absolute Gasteiger partial charge is 0.314 e. The second kappa shape index (κ2) is 6.74. The van der Waals surface area contributed by atoms with Crippen LogP contribution in [0.3, 0.4) is 0 Å². The summed E-state index contributed by atoms with van der Waals surface area (Å²) in [6, 6.07) is 6.19. The lowest BCUT2D eigenvalue weighted by Gasteiger charge is -2.29. The summed E-state index contributed by atoms with van der Waals surface area (Å²) in [4.78, 5) is 32.3. The Bertz CT molecular complexity index is 946. The van der Waals surface area contributed by atoms with E-state index in [0.29, 0.717) is 18.8 Å². The van der Waals surface area contributed by atoms with Gasteiger partial charge in [-0.05, 0) is 36.0 Å². The molecular weight excluding hydrogens is 354 g/mol. The Kier molecular flexibility index (Phi) is 4.19. The van der Waals surface area contributed by atoms with Gasteiger partial charge in [-0.25, -0.2) is 9.78 Å². The number of carbonyl (C=O) groups excluding carboxylic acids is 2. The molecule has 0 unspecified atom stereocenters. The molecule has 3 aliphatic rings. The summed E-state index contributed by atoms with van der Waals surface area (Å²) in [7, 11) is 1.91. The highest BCUT2D eigenvalue weighted by Crippen LogP contribution is 2.33. The average Bonchev–Trinajstić information content (AvgIpc) is 3.21. The number of fused-ring (bicyclic) bond motifs is 1. The van der Waals surface area contributed by atoms with Crippen LogP contribution in [0.25, 0.3) is 11.4 Å². The van der Waals surface area contributed by atoms with Gasteiger partial charge in [0.1, 0.15) is 11.6 Å². The lowest BCUT2D eigenvalue weighted by atomic mass is 9.85. The topological polar surface area (TPSA) is 70.5 Å². The second-order valence-electron chi connectivity index (χ2n) is 8.20. The van der Waals surface area contributed by atoms with Crippen molar-refractivity contribution < 1.29 is 9.59 Å². The van der Waals surface area contributed by atoms with Crippen molar-refractivity contribution in [2.45, 2.75) is 38.8 Å². The SMILES string of the molecule is Cn1c(N2CCC(=O)NC2=O)cnc1-c1ccc2c(c1)CN(CC1CCC1)C2. The highest BCUT2D eigenvalue weighted by atomic mass is 16.2. The number of hydrogen-bond donors (Lipinski definition) is 1. The quantitative estimate of drug-likeness (QED) is 0.887. The van der Waals surface area contributed by atoms with Crippen LogP contribution in [0.5, 0.6) is 0 Å². The maximum atomic E-state index is 12.2. The van der Waals surface area contributed by atoms with Gasteiger partial charge in [-0.15, -0.1) is 0 Å². The number of imidazole rings is 1. The first-order valence-electron chi connectivity index (χ1n) is 10.1. The minimum atomic E-state index is -0.383. The molecular formula is C21H25N5O2. The Hall–Kier alpha value is -2.67. The molecule has 1 aromatic heterocycles. The highest BCUT2D eigenvalue weighted by molar-refractivity contribution is 6.05. The predicted molar refractivity (Wildman–Crippen MR) is 106 cm³/mol. The van der Waals surface area contributed by atoms with E-state index in [1.807, 2.05) is 11.6 Å². The molecule has 7 nitrogen and oxygen atoms in total. The van der Waals surface area contributed by atoms with E-state index >= 15 is 0 Å². The number of aromatic nitrogens is 2. The molecule has 28 heavy (non-hydrogen) atoms. The van der Waals surface area contributed by atoms with E-state index in [-0.39, 0.29) is 11.9 Å². The molecule has 146 valence electrons. The van der Waals surface area contributed by atoms with Crippen LogP contribution in [0.1, 0.15) is 36.8 Å². The first-order chi connectivity index (χ1) is 13.6. The number of urea groups is 1. The lowest BCUT2D eigenvalue weighted by molar-refractivity contribution is -0.120. The van der Waals surface area contributed by atoms with Crippen LogP contribution in [0.15, 0.2) is 24.4 Å². The van der Waals surface area contributed by atoms with E-state index < -0.39 is 0 Å². The van der Waals surface area contributed by atoms with Gasteiger partial charge in [0.2, 0.25) is 5.91 Å². The molecule has 2 aromatic rings. The summed E-state index contributed by atoms with van der Waals surface area (Å²) in [5, 5.41) is 2.37. The van der Waals surface area contributed by atoms with Gasteiger partial charge < -0.3 is 4.57 Å². The molecule has 2 aliphatic heterocycles. The first kappa shape index (κ1) is 17.4. The van der Waals surface area contributed by atoms with Crippen molar-refractivity contribution in [3.63, 3.8) is 0 Å². The van der Waals surface area contributed by atoms with Gasteiger partial charge in [-0.2, -0.15) is 0 Å². The molecule has 3 amide bonds. The largest absolute Gasteiger partial charge is 0.329 e. The van der Waals surface area contributed by atoms with Crippen molar-refractivity contribution in [3.8, 4) is 11.4 Å². The van der Waals surface area contributed by atoms with E-state index in [9.17, 15) is 9.59 Å². The Balaban J connectivity index is 1.36. The van der Waals surface area contributed by atoms with Crippen molar-refractivity contribution >= 4 is 17.8 Å². The highest BCUT2D eigenvalue weighted by Gasteiger charge is 2.28. The van der Waals surface area contributed by atoms with Gasteiger partial charge in [0.15, 0.2) is 0 Å². The van der Waals surface area contributed by atoms with Crippen molar-refractivity contribution in [1.82, 2.24) is 19.8 Å². The van der Waals surface area contributed by atoms with Crippen LogP contribution < -0.4 is 10.2 Å². The number of hydrogen-bond acceptors (Lipinski definition) is 4. The van der Waals surface area contributed by atoms with E-state index in [1.165, 1.54) is 36.9 Å². The molecule has 7 heteroatoms. The minimum absolute atomic E-state index is 0.228. The van der Waals surface area contributed by atoms with E-state index in [0.717, 1.165) is 30.4 Å². The number of nitrogens with one attached hydrogen (secondary N) is 1. The molecule has 1 aliphatic carbocycles. The zero-order chi connectivity index (χ0) is 19.3. The standard InChI is InChI=1S/C21H25N5O2/c1-24-19(26-8-7-18(27)23-21(26)28)10-22-20(24)15-5-6-16-12-25(13-17(16)9-15)11-14-3-2-4-14/h5-6,9-10,14H,2-4,7-8,11-13H2,1H3,(H,23,27,28). The number of amides is 3. The molecule has 0 radical (unpaired) electrons. The fraction of sp³-hybridized carbons (Fsp3) is 0.476. The van der Waals surface area contributed by atoms with E-state index in [4.69, 9.17) is 0 Å². The van der Waals surface area contributed by atoms with Gasteiger partial charge in [0.25, 0.3) is 0 Å². The number of imide groups is 1. The van der Waals surface area contributed by atoms with Crippen LogP contribution in [0.2, 0.25) is 0 Å². The van der Waals surface area contributed by atoms with E-state index in [1.54, 1.807) is 11.1 Å². The van der Waals surface area contributed by atoms with Crippen molar-refractivity contribution in [1.29, 1.82) is 0 Å². The summed E-state index contributed by atoms with van der Waals surface area (Å²) in [6.45, 7) is 3.64. The fourth-order valence-electron chi connectivity index (χ4n) is 4.48. The van der Waals surface area contributed by atoms with Gasteiger partial charge in [0, 0.05) is 45.2 Å². The number of rotatable bonds is 4. The van der Waals surface area contributed by atoms with Crippen molar-refractivity contribution in [3.05, 3.63) is 35.5 Å². The molecule has 5 rings (SSSR count). The first-order valence-corrected chi connectivity index (χ1v) is 10.1. The molecule has 0 bridgehead atoms. The Labute approximate surface area is 164 Å². The predicted octanol–water partition coefficient (Wildman–Crippen LogP) is 2.65. The van der Waals surface area contributed by atoms with Gasteiger partial charge >= 0.3 is 6.03 Å². The Morgan fingerprint density at radius 1 is 1.18 bits per heavy atom. The summed E-state index contributed by atoms with van der Waals surface area (Å²) < 4.78 is 1.93. The molecule has 0 atom stereocenters. The molecule has 3 heterocycles. The lowest BCUT2D eigenvalue weighted by Crippen LogP contribution is -2.50. The third-order valence-electron chi connectivity index (χ3n) is 6.29. The number of benzene rings is 1. The summed E-state index contributed by atoms with van der Waals surface area (Å²) in [5.41, 5.74) is 3.85. The van der Waals surface area contributed by atoms with Crippen LogP contribution in [0, 0.1) is 5.92 Å². The third kappa shape index (κ3) is 2.99. The van der Waals surface area contributed by atoms with Crippen LogP contribution >= 0.6 is 0 Å². The van der Waals surface area contributed by atoms with E-state index in [2.05, 4.69) is 33.4 Å². The van der Waals surface area contributed by atoms with Crippen LogP contribution in [0.4, 0.5) is 10.6 Å². The van der Waals surface area contributed by atoms with Crippen molar-refractivity contribution in [2.75, 3.05) is 18.0 Å². The molecule has 1 N–H and O–H groups in total. The molecule has 2 fully saturated rings. The van der Waals surface area contributed by atoms with Gasteiger partial charge in [-0.3, -0.25) is 19.9 Å². The number of carbonyl (C=O) groups is 2. The normalized spacial score (nSPS) is 20.2. The Morgan fingerprint density at radius 3 is 2.75 bits per heavy atom. The average molecular weight is 379 g/mol. The molecule has 0 spiro atoms. The maximum Gasteiger partial charge on any atom is 0.329 e. The molecule has 1 saturated heterocycles. The second-order valence-corrected chi connectivity index (χ2v) is 8.20. The van der Waals surface area contributed by atoms with Crippen molar-refractivity contribution in [2.24, 2.45) is 13.0 Å². The third-order valence-corrected chi connectivity index (χ3v) is 6.29. The Morgan fingerprint density at radius 2 is 2.00 bits per heavy atom. The summed E-state index contributed by atoms with van der Waals surface area (Å²) >= 11 is 0. The van der Waals surface area contributed by atoms with Gasteiger partial charge in [0.05, 0.1) is 6.20 Å². The maximum absolute atomic E-state index is 12.2. The summed E-state index contributed by atoms with van der Waals surface area (Å²) in [6.07, 6.45) is 6.16. The zero-order valence-corrected chi connectivity index (χ0v) is 16.1. The fourth-order valence-corrected chi connectivity index (χ4v) is 4.48. The minimum Gasteiger partial charge on any atom is -0.314 e. The van der Waals surface area contributed by atoms with Gasteiger partial charge in [-0.1, -0.05) is 18.6 Å². The van der Waals surface area contributed by atoms with Crippen LogP contribution in [-0.4, -0.2) is 39.5 Å². The monoisotopic (exact) mass is 379 g/mol. The summed E-state index contributed by atoms with van der Waals surface area (Å²) in [5.74, 6) is 2.19. The molecule has 1 saturated carbocycles. The zero-order valence-electron chi connectivity index (χ0n) is 16.1. The number of nitrogens with zero attached hydrogens (tertiary/aromatic N) is 4. The van der Waals surface area contributed by atoms with Crippen LogP contribution in [-0.2, 0) is 24.9 Å². The number of anilines is 1.